The number of nitrogen functional groups attached to an aromatic ring is 1. The van der Waals surface area contributed by atoms with Gasteiger partial charge in [-0.1, -0.05) is 24.3 Å². The van der Waals surface area contributed by atoms with Gasteiger partial charge in [-0.25, -0.2) is 9.97 Å². The van der Waals surface area contributed by atoms with Crippen LogP contribution in [0.2, 0.25) is 0 Å². The smallest absolute Gasteiger partial charge is 0.219 e. The lowest BCUT2D eigenvalue weighted by atomic mass is 10.0. The molecule has 1 atom stereocenters. The van der Waals surface area contributed by atoms with Crippen molar-refractivity contribution in [2.75, 3.05) is 32.0 Å². The van der Waals surface area contributed by atoms with E-state index >= 15 is 0 Å². The lowest BCUT2D eigenvalue weighted by Gasteiger charge is -2.32. The summed E-state index contributed by atoms with van der Waals surface area (Å²) < 4.78 is 5.41. The Hall–Kier alpha value is -1.98. The predicted molar refractivity (Wildman–Crippen MR) is 82.7 cm³/mol. The molecule has 0 saturated carbocycles. The Morgan fingerprint density at radius 2 is 1.67 bits per heavy atom. The average molecular weight is 284 g/mol. The average Bonchev–Trinajstić information content (AvgIpc) is 2.56. The molecule has 3 rings (SSSR count). The zero-order valence-corrected chi connectivity index (χ0v) is 12.2. The largest absolute Gasteiger partial charge is 0.379 e. The van der Waals surface area contributed by atoms with Gasteiger partial charge in [-0.05, 0) is 18.1 Å². The topological polar surface area (TPSA) is 64.3 Å². The van der Waals surface area contributed by atoms with Crippen molar-refractivity contribution in [2.45, 2.75) is 13.0 Å². The van der Waals surface area contributed by atoms with E-state index in [0.29, 0.717) is 12.0 Å². The van der Waals surface area contributed by atoms with E-state index in [0.717, 1.165) is 37.4 Å². The van der Waals surface area contributed by atoms with Gasteiger partial charge in [0.25, 0.3) is 0 Å². The number of ether oxygens (including phenoxy) is 1. The fourth-order valence-corrected chi connectivity index (χ4v) is 2.62. The predicted octanol–water partition coefficient (Wildman–Crippen LogP) is 2.12. The van der Waals surface area contributed by atoms with Gasteiger partial charge >= 0.3 is 0 Å². The molecule has 1 fully saturated rings. The van der Waals surface area contributed by atoms with E-state index in [1.54, 1.807) is 12.4 Å². The van der Waals surface area contributed by atoms with Gasteiger partial charge in [-0.15, -0.1) is 0 Å². The van der Waals surface area contributed by atoms with Crippen LogP contribution < -0.4 is 5.73 Å². The van der Waals surface area contributed by atoms with Crippen molar-refractivity contribution in [3.8, 4) is 11.1 Å². The fourth-order valence-electron chi connectivity index (χ4n) is 2.62. The number of hydrogen-bond acceptors (Lipinski definition) is 5. The summed E-state index contributed by atoms with van der Waals surface area (Å²) in [7, 11) is 0. The van der Waals surface area contributed by atoms with E-state index in [2.05, 4.69) is 46.1 Å². The van der Waals surface area contributed by atoms with Crippen molar-refractivity contribution >= 4 is 5.95 Å². The molecular weight excluding hydrogens is 264 g/mol. The highest BCUT2D eigenvalue weighted by Gasteiger charge is 2.18. The van der Waals surface area contributed by atoms with Crippen LogP contribution in [0.3, 0.4) is 0 Å². The molecule has 5 nitrogen and oxygen atoms in total. The molecule has 0 radical (unpaired) electrons. The molecule has 1 saturated heterocycles. The first-order valence-electron chi connectivity index (χ1n) is 7.24. The summed E-state index contributed by atoms with van der Waals surface area (Å²) in [6, 6.07) is 8.98. The van der Waals surface area contributed by atoms with Crippen molar-refractivity contribution in [2.24, 2.45) is 0 Å². The van der Waals surface area contributed by atoms with Gasteiger partial charge < -0.3 is 10.5 Å². The number of anilines is 1. The van der Waals surface area contributed by atoms with Crippen LogP contribution in [-0.2, 0) is 4.74 Å². The van der Waals surface area contributed by atoms with Gasteiger partial charge in [0.05, 0.1) is 13.2 Å². The van der Waals surface area contributed by atoms with E-state index in [-0.39, 0.29) is 0 Å². The standard InChI is InChI=1S/C16H20N4O/c1-12(20-6-8-21-9-7-20)13-2-4-14(5-3-13)15-10-18-16(17)19-11-15/h2-5,10-12H,6-9H2,1H3,(H2,17,18,19)/t12-/m0/s1. The highest BCUT2D eigenvalue weighted by molar-refractivity contribution is 5.62. The van der Waals surface area contributed by atoms with Gasteiger partial charge in [-0.3, -0.25) is 4.90 Å². The van der Waals surface area contributed by atoms with Crippen LogP contribution in [0, 0.1) is 0 Å². The molecule has 0 amide bonds. The number of benzene rings is 1. The van der Waals surface area contributed by atoms with E-state index < -0.39 is 0 Å². The van der Waals surface area contributed by atoms with Crippen molar-refractivity contribution in [3.63, 3.8) is 0 Å². The Balaban J connectivity index is 1.75. The second kappa shape index (κ2) is 6.20. The molecule has 1 aliphatic rings. The summed E-state index contributed by atoms with van der Waals surface area (Å²) in [5, 5.41) is 0. The highest BCUT2D eigenvalue weighted by Crippen LogP contribution is 2.24. The number of nitrogens with two attached hydrogens (primary N) is 1. The first-order chi connectivity index (χ1) is 10.2. The maximum absolute atomic E-state index is 5.51. The molecule has 21 heavy (non-hydrogen) atoms. The summed E-state index contributed by atoms with van der Waals surface area (Å²) in [6.45, 7) is 5.88. The summed E-state index contributed by atoms with van der Waals surface area (Å²) in [5.74, 6) is 0.302. The third kappa shape index (κ3) is 3.20. The third-order valence-electron chi connectivity index (χ3n) is 3.99. The molecule has 0 bridgehead atoms. The summed E-state index contributed by atoms with van der Waals surface area (Å²) >= 11 is 0. The van der Waals surface area contributed by atoms with Crippen molar-refractivity contribution in [1.82, 2.24) is 14.9 Å². The molecule has 110 valence electrons. The number of morpholine rings is 1. The Kier molecular flexibility index (Phi) is 4.13. The molecule has 0 unspecified atom stereocenters. The molecule has 1 aliphatic heterocycles. The van der Waals surface area contributed by atoms with Crippen molar-refractivity contribution in [1.29, 1.82) is 0 Å². The summed E-state index contributed by atoms with van der Waals surface area (Å²) in [5.41, 5.74) is 8.92. The SMILES string of the molecule is C[C@@H](c1ccc(-c2cnc(N)nc2)cc1)N1CCOCC1. The highest BCUT2D eigenvalue weighted by atomic mass is 16.5. The third-order valence-corrected chi connectivity index (χ3v) is 3.99. The van der Waals surface area contributed by atoms with E-state index in [9.17, 15) is 0 Å². The number of rotatable bonds is 3. The van der Waals surface area contributed by atoms with Crippen LogP contribution in [0.25, 0.3) is 11.1 Å². The van der Waals surface area contributed by atoms with Crippen molar-refractivity contribution in [3.05, 3.63) is 42.2 Å². The Morgan fingerprint density at radius 1 is 1.05 bits per heavy atom. The molecular formula is C16H20N4O. The minimum atomic E-state index is 0.302. The van der Waals surface area contributed by atoms with Gasteiger partial charge in [0.2, 0.25) is 5.95 Å². The van der Waals surface area contributed by atoms with E-state index in [4.69, 9.17) is 10.5 Å². The summed E-state index contributed by atoms with van der Waals surface area (Å²) in [4.78, 5) is 10.5. The first-order valence-corrected chi connectivity index (χ1v) is 7.24. The molecule has 1 aromatic carbocycles. The molecule has 2 heterocycles. The van der Waals surface area contributed by atoms with Crippen LogP contribution in [0.4, 0.5) is 5.95 Å². The Bertz CT molecular complexity index is 576. The maximum Gasteiger partial charge on any atom is 0.219 e. The minimum Gasteiger partial charge on any atom is -0.379 e. The van der Waals surface area contributed by atoms with Gasteiger partial charge in [0.15, 0.2) is 0 Å². The van der Waals surface area contributed by atoms with E-state index in [1.807, 2.05) is 0 Å². The first kappa shape index (κ1) is 14.0. The molecule has 5 heteroatoms. The molecule has 0 spiro atoms. The molecule has 0 aliphatic carbocycles. The van der Waals surface area contributed by atoms with Gasteiger partial charge in [-0.2, -0.15) is 0 Å². The maximum atomic E-state index is 5.51. The number of nitrogens with zero attached hydrogens (tertiary/aromatic N) is 3. The lowest BCUT2D eigenvalue weighted by molar-refractivity contribution is 0.0198. The van der Waals surface area contributed by atoms with Gasteiger partial charge in [0.1, 0.15) is 0 Å². The Labute approximate surface area is 124 Å². The molecule has 1 aromatic heterocycles. The van der Waals surface area contributed by atoms with Crippen LogP contribution in [0.1, 0.15) is 18.5 Å². The monoisotopic (exact) mass is 284 g/mol. The quantitative estimate of drug-likeness (QED) is 0.935. The lowest BCUT2D eigenvalue weighted by Crippen LogP contribution is -2.37. The number of hydrogen-bond donors (Lipinski definition) is 1. The van der Waals surface area contributed by atoms with Crippen LogP contribution in [0.15, 0.2) is 36.7 Å². The second-order valence-corrected chi connectivity index (χ2v) is 5.28. The van der Waals surface area contributed by atoms with Crippen LogP contribution in [-0.4, -0.2) is 41.2 Å². The zero-order valence-electron chi connectivity index (χ0n) is 12.2. The van der Waals surface area contributed by atoms with E-state index in [1.165, 1.54) is 5.56 Å². The molecule has 2 N–H and O–H groups in total. The minimum absolute atomic E-state index is 0.302. The Morgan fingerprint density at radius 3 is 2.29 bits per heavy atom. The summed E-state index contributed by atoms with van der Waals surface area (Å²) in [6.07, 6.45) is 3.51. The fraction of sp³-hybridized carbons (Fsp3) is 0.375. The van der Waals surface area contributed by atoms with Gasteiger partial charge in [0, 0.05) is 37.1 Å². The normalized spacial score (nSPS) is 17.6. The molecule has 2 aromatic rings. The number of aromatic nitrogens is 2. The zero-order chi connectivity index (χ0) is 14.7. The van der Waals surface area contributed by atoms with Crippen molar-refractivity contribution < 1.29 is 4.74 Å². The van der Waals surface area contributed by atoms with Crippen LogP contribution in [0.5, 0.6) is 0 Å². The second-order valence-electron chi connectivity index (χ2n) is 5.28. The van der Waals surface area contributed by atoms with Crippen LogP contribution >= 0.6 is 0 Å².